The highest BCUT2D eigenvalue weighted by atomic mass is 32.2. The molecule has 0 heterocycles. The fourth-order valence-corrected chi connectivity index (χ4v) is 4.18. The molecule has 6 heteroatoms. The molecule has 1 amide bonds. The molecule has 0 spiro atoms. The number of nitrogens with zero attached hydrogens (tertiary/aromatic N) is 1. The number of hydrogen-bond donors (Lipinski definition) is 1. The van der Waals surface area contributed by atoms with Crippen molar-refractivity contribution in [3.63, 3.8) is 0 Å². The third kappa shape index (κ3) is 4.84. The van der Waals surface area contributed by atoms with Gasteiger partial charge in [0.25, 0.3) is 15.9 Å². The lowest BCUT2D eigenvalue weighted by Gasteiger charge is -2.19. The maximum Gasteiger partial charge on any atom is 0.261 e. The highest BCUT2D eigenvalue weighted by Crippen LogP contribution is 2.22. The number of sulfonamides is 1. The minimum atomic E-state index is -3.81. The molecule has 3 aromatic rings. The van der Waals surface area contributed by atoms with E-state index >= 15 is 0 Å². The second kappa shape index (κ2) is 8.49. The van der Waals surface area contributed by atoms with Crippen molar-refractivity contribution in [2.75, 3.05) is 11.8 Å². The minimum absolute atomic E-state index is 0.0582. The number of rotatable bonds is 6. The first-order valence-electron chi connectivity index (χ1n) is 9.26. The van der Waals surface area contributed by atoms with Crippen LogP contribution in [0.3, 0.4) is 0 Å². The van der Waals surface area contributed by atoms with E-state index in [1.807, 2.05) is 49.4 Å². The van der Waals surface area contributed by atoms with Crippen molar-refractivity contribution < 1.29 is 13.2 Å². The molecule has 0 aliphatic rings. The van der Waals surface area contributed by atoms with Gasteiger partial charge in [-0.1, -0.05) is 54.6 Å². The molecule has 29 heavy (non-hydrogen) atoms. The topological polar surface area (TPSA) is 66.5 Å². The molecule has 1 N–H and O–H groups in total. The summed E-state index contributed by atoms with van der Waals surface area (Å²) in [6.45, 7) is 4.08. The number of para-hydroxylation sites is 1. The number of carbonyl (C=O) groups excluding carboxylic acids is 1. The summed E-state index contributed by atoms with van der Waals surface area (Å²) >= 11 is 0. The molecule has 0 unspecified atom stereocenters. The molecule has 5 nitrogen and oxygen atoms in total. The van der Waals surface area contributed by atoms with E-state index < -0.39 is 10.0 Å². The summed E-state index contributed by atoms with van der Waals surface area (Å²) in [5.74, 6) is -0.223. The highest BCUT2D eigenvalue weighted by Gasteiger charge is 2.20. The molecule has 0 bridgehead atoms. The van der Waals surface area contributed by atoms with Crippen LogP contribution in [0.4, 0.5) is 5.69 Å². The predicted molar refractivity (Wildman–Crippen MR) is 115 cm³/mol. The minimum Gasteiger partial charge on any atom is -0.337 e. The molecule has 150 valence electrons. The van der Waals surface area contributed by atoms with E-state index in [1.54, 1.807) is 37.1 Å². The van der Waals surface area contributed by atoms with Gasteiger partial charge in [-0.2, -0.15) is 0 Å². The van der Waals surface area contributed by atoms with Crippen LogP contribution >= 0.6 is 0 Å². The molecule has 0 atom stereocenters. The quantitative estimate of drug-likeness (QED) is 0.658. The third-order valence-electron chi connectivity index (χ3n) is 4.75. The van der Waals surface area contributed by atoms with Gasteiger partial charge in [-0.3, -0.25) is 9.52 Å². The van der Waals surface area contributed by atoms with Gasteiger partial charge in [0.1, 0.15) is 0 Å². The average molecular weight is 409 g/mol. The fourth-order valence-electron chi connectivity index (χ4n) is 3.02. The summed E-state index contributed by atoms with van der Waals surface area (Å²) in [5.41, 5.74) is 3.44. The molecule has 0 aromatic heterocycles. The normalized spacial score (nSPS) is 11.1. The Morgan fingerprint density at radius 3 is 2.24 bits per heavy atom. The van der Waals surface area contributed by atoms with E-state index in [0.717, 1.165) is 16.7 Å². The Balaban J connectivity index is 1.87. The Morgan fingerprint density at radius 2 is 1.55 bits per heavy atom. The van der Waals surface area contributed by atoms with Crippen molar-refractivity contribution in [2.24, 2.45) is 0 Å². The van der Waals surface area contributed by atoms with Gasteiger partial charge in [0.15, 0.2) is 0 Å². The van der Waals surface area contributed by atoms with E-state index in [4.69, 9.17) is 0 Å². The van der Waals surface area contributed by atoms with Crippen molar-refractivity contribution in [2.45, 2.75) is 25.3 Å². The van der Waals surface area contributed by atoms with Crippen LogP contribution in [0.25, 0.3) is 0 Å². The zero-order valence-electron chi connectivity index (χ0n) is 16.7. The molecule has 0 fully saturated rings. The van der Waals surface area contributed by atoms with E-state index in [1.165, 1.54) is 12.1 Å². The first kappa shape index (κ1) is 20.6. The molecule has 0 radical (unpaired) electrons. The second-order valence-corrected chi connectivity index (χ2v) is 8.73. The number of carbonyl (C=O) groups is 1. The van der Waals surface area contributed by atoms with Gasteiger partial charge in [0.2, 0.25) is 0 Å². The van der Waals surface area contributed by atoms with Crippen LogP contribution in [0.15, 0.2) is 77.7 Å². The number of anilines is 1. The summed E-state index contributed by atoms with van der Waals surface area (Å²) in [6.07, 6.45) is 0. The lowest BCUT2D eigenvalue weighted by molar-refractivity contribution is 0.0784. The van der Waals surface area contributed by atoms with E-state index in [-0.39, 0.29) is 10.8 Å². The lowest BCUT2D eigenvalue weighted by Crippen LogP contribution is -2.27. The molecular formula is C23H24N2O3S. The number of hydrogen-bond acceptors (Lipinski definition) is 3. The van der Waals surface area contributed by atoms with Gasteiger partial charge in [-0.15, -0.1) is 0 Å². The van der Waals surface area contributed by atoms with E-state index in [9.17, 15) is 13.2 Å². The first-order chi connectivity index (χ1) is 13.8. The first-order valence-corrected chi connectivity index (χ1v) is 10.7. The van der Waals surface area contributed by atoms with Crippen molar-refractivity contribution in [1.29, 1.82) is 0 Å². The molecule has 0 saturated heterocycles. The molecule has 0 aliphatic carbocycles. The average Bonchev–Trinajstić information content (AvgIpc) is 2.70. The lowest BCUT2D eigenvalue weighted by atomic mass is 10.1. The monoisotopic (exact) mass is 408 g/mol. The number of aryl methyl sites for hydroxylation is 2. The van der Waals surface area contributed by atoms with E-state index in [2.05, 4.69) is 4.72 Å². The summed E-state index contributed by atoms with van der Waals surface area (Å²) in [7, 11) is -2.10. The van der Waals surface area contributed by atoms with Gasteiger partial charge in [-0.05, 0) is 48.7 Å². The van der Waals surface area contributed by atoms with E-state index in [0.29, 0.717) is 17.8 Å². The molecule has 3 aromatic carbocycles. The van der Waals surface area contributed by atoms with Crippen LogP contribution in [-0.2, 0) is 16.6 Å². The largest absolute Gasteiger partial charge is 0.337 e. The van der Waals surface area contributed by atoms with Crippen LogP contribution < -0.4 is 4.72 Å². The standard InChI is InChI=1S/C23H24N2O3S/c1-17-13-14-20(29(27,28)24-22-12-8-7-9-18(22)2)15-21(17)23(26)25(3)16-19-10-5-4-6-11-19/h4-15,24H,16H2,1-3H3. The maximum atomic E-state index is 13.0. The SMILES string of the molecule is Cc1ccccc1NS(=O)(=O)c1ccc(C)c(C(=O)N(C)Cc2ccccc2)c1. The van der Waals surface area contributed by atoms with Gasteiger partial charge in [-0.25, -0.2) is 8.42 Å². The van der Waals surface area contributed by atoms with Crippen LogP contribution in [0, 0.1) is 13.8 Å². The zero-order chi connectivity index (χ0) is 21.0. The Morgan fingerprint density at radius 1 is 0.897 bits per heavy atom. The summed E-state index contributed by atoms with van der Waals surface area (Å²) in [6, 6.07) is 21.4. The van der Waals surface area contributed by atoms with Crippen LogP contribution in [0.5, 0.6) is 0 Å². The van der Waals surface area contributed by atoms with Gasteiger partial charge < -0.3 is 4.90 Å². The number of nitrogens with one attached hydrogen (secondary N) is 1. The number of benzene rings is 3. The van der Waals surface area contributed by atoms with Crippen LogP contribution in [0.2, 0.25) is 0 Å². The summed E-state index contributed by atoms with van der Waals surface area (Å²) in [5, 5.41) is 0. The summed E-state index contributed by atoms with van der Waals surface area (Å²) in [4.78, 5) is 14.6. The zero-order valence-corrected chi connectivity index (χ0v) is 17.5. The summed E-state index contributed by atoms with van der Waals surface area (Å²) < 4.78 is 28.3. The second-order valence-electron chi connectivity index (χ2n) is 7.04. The van der Waals surface area contributed by atoms with Crippen molar-refractivity contribution >= 4 is 21.6 Å². The third-order valence-corrected chi connectivity index (χ3v) is 6.11. The smallest absolute Gasteiger partial charge is 0.261 e. The highest BCUT2D eigenvalue weighted by molar-refractivity contribution is 7.92. The van der Waals surface area contributed by atoms with Gasteiger partial charge in [0.05, 0.1) is 10.6 Å². The molecule has 3 rings (SSSR count). The molecular weight excluding hydrogens is 384 g/mol. The van der Waals surface area contributed by atoms with Gasteiger partial charge in [0, 0.05) is 19.2 Å². The maximum absolute atomic E-state index is 13.0. The van der Waals surface area contributed by atoms with Crippen molar-refractivity contribution in [3.05, 3.63) is 95.1 Å². The molecule has 0 aliphatic heterocycles. The van der Waals surface area contributed by atoms with Crippen molar-refractivity contribution in [1.82, 2.24) is 4.90 Å². The Kier molecular flexibility index (Phi) is 6.03. The fraction of sp³-hybridized carbons (Fsp3) is 0.174. The Hall–Kier alpha value is -3.12. The molecule has 0 saturated carbocycles. The Labute approximate surface area is 172 Å². The number of amides is 1. The van der Waals surface area contributed by atoms with Gasteiger partial charge >= 0.3 is 0 Å². The van der Waals surface area contributed by atoms with Crippen molar-refractivity contribution in [3.8, 4) is 0 Å². The van der Waals surface area contributed by atoms with Crippen LogP contribution in [0.1, 0.15) is 27.0 Å². The Bertz CT molecular complexity index is 1130. The van der Waals surface area contributed by atoms with Crippen LogP contribution in [-0.4, -0.2) is 26.3 Å². The predicted octanol–water partition coefficient (Wildman–Crippen LogP) is 4.38.